The SMILES string of the molecule is NC(N)=O.NC(N)=O.O=C(O)CSc1nnc(Br)n1-c1ccc(C2CC2)c2ccccc12.O=C(O)CSc1nnc(Br)n1-c1ccc(C2CC2)c2ccccc12. The summed E-state index contributed by atoms with van der Waals surface area (Å²) in [5.74, 6) is -0.533. The van der Waals surface area contributed by atoms with Crippen molar-refractivity contribution < 1.29 is 29.4 Å². The Morgan fingerprint density at radius 3 is 1.20 bits per heavy atom. The van der Waals surface area contributed by atoms with Gasteiger partial charge in [0, 0.05) is 10.8 Å². The standard InChI is InChI=1S/2C17H14BrN3O2S.2CH4N2O/c2*18-16-19-20-17(24-9-15(22)23)21(16)14-8-7-11(10-5-6-10)12-3-1-2-4-13(12)14;2*2-1(3)4/h2*1-4,7-8,10H,5-6,9H2,(H,22,23);2*(H4,2,3,4). The number of aliphatic carboxylic acids is 2. The number of carboxylic acids is 2. The maximum absolute atomic E-state index is 10.9. The summed E-state index contributed by atoms with van der Waals surface area (Å²) >= 11 is 9.19. The lowest BCUT2D eigenvalue weighted by molar-refractivity contribution is -0.134. The number of nitrogens with zero attached hydrogens (tertiary/aromatic N) is 6. The molecule has 2 aromatic heterocycles. The first kappa shape index (κ1) is 42.0. The monoisotopic (exact) mass is 926 g/mol. The summed E-state index contributed by atoms with van der Waals surface area (Å²) in [5, 5.41) is 40.1. The van der Waals surface area contributed by atoms with Gasteiger partial charge in [-0.2, -0.15) is 0 Å². The van der Waals surface area contributed by atoms with Crippen LogP contribution in [0.15, 0.2) is 92.6 Å². The van der Waals surface area contributed by atoms with Crippen LogP contribution >= 0.6 is 55.4 Å². The molecule has 56 heavy (non-hydrogen) atoms. The maximum atomic E-state index is 10.9. The van der Waals surface area contributed by atoms with Gasteiger partial charge in [-0.25, -0.2) is 9.59 Å². The minimum absolute atomic E-state index is 0.0524. The van der Waals surface area contributed by atoms with Crippen LogP contribution in [0.25, 0.3) is 32.9 Å². The molecule has 0 bridgehead atoms. The topological polar surface area (TPSA) is 274 Å². The summed E-state index contributed by atoms with van der Waals surface area (Å²) in [6, 6.07) is 23.5. The van der Waals surface area contributed by atoms with Crippen molar-refractivity contribution >= 4 is 101 Å². The van der Waals surface area contributed by atoms with E-state index in [0.717, 1.165) is 45.7 Å². The number of fused-ring (bicyclic) bond motifs is 2. The van der Waals surface area contributed by atoms with Crippen LogP contribution in [0.2, 0.25) is 0 Å². The van der Waals surface area contributed by atoms with Crippen molar-refractivity contribution in [3.63, 3.8) is 0 Å². The first-order chi connectivity index (χ1) is 26.8. The van der Waals surface area contributed by atoms with E-state index in [1.807, 2.05) is 21.3 Å². The number of urea groups is 2. The summed E-state index contributed by atoms with van der Waals surface area (Å²) in [6.45, 7) is 0. The molecule has 10 N–H and O–H groups in total. The van der Waals surface area contributed by atoms with Crippen molar-refractivity contribution in [2.45, 2.75) is 47.8 Å². The van der Waals surface area contributed by atoms with Gasteiger partial charge in [0.1, 0.15) is 0 Å². The predicted molar refractivity (Wildman–Crippen MR) is 221 cm³/mol. The lowest BCUT2D eigenvalue weighted by Crippen LogP contribution is -2.18. The Hall–Kier alpha value is -5.18. The molecular weight excluding hydrogens is 892 g/mol. The molecule has 0 spiro atoms. The molecule has 2 heterocycles. The van der Waals surface area contributed by atoms with Gasteiger partial charge in [-0.1, -0.05) is 84.2 Å². The smallest absolute Gasteiger partial charge is 0.313 e. The molecular formula is C36H36Br2N10O6S2. The average Bonchev–Trinajstić information content (AvgIpc) is 4.09. The number of primary amides is 4. The van der Waals surface area contributed by atoms with E-state index < -0.39 is 24.0 Å². The second-order valence-electron chi connectivity index (χ2n) is 12.3. The third-order valence-corrected chi connectivity index (χ3v) is 11.1. The molecule has 4 amide bonds. The lowest BCUT2D eigenvalue weighted by Gasteiger charge is -2.13. The highest BCUT2D eigenvalue weighted by molar-refractivity contribution is 9.10. The Morgan fingerprint density at radius 2 is 0.893 bits per heavy atom. The molecule has 0 atom stereocenters. The van der Waals surface area contributed by atoms with Crippen LogP contribution in [0.3, 0.4) is 0 Å². The van der Waals surface area contributed by atoms with Gasteiger partial charge in [-0.3, -0.25) is 18.7 Å². The van der Waals surface area contributed by atoms with Crippen LogP contribution in [0, 0.1) is 0 Å². The van der Waals surface area contributed by atoms with Crippen LogP contribution in [-0.4, -0.2) is 75.2 Å². The number of hydrogen-bond acceptors (Lipinski definition) is 10. The second kappa shape index (κ2) is 19.1. The molecule has 16 nitrogen and oxygen atoms in total. The van der Waals surface area contributed by atoms with Crippen LogP contribution in [0.4, 0.5) is 9.59 Å². The summed E-state index contributed by atoms with van der Waals surface area (Å²) in [5.41, 5.74) is 21.7. The molecule has 0 aliphatic heterocycles. The van der Waals surface area contributed by atoms with Crippen molar-refractivity contribution in [2.75, 3.05) is 11.5 Å². The quantitative estimate of drug-likeness (QED) is 0.0802. The number of benzene rings is 4. The molecule has 0 radical (unpaired) electrons. The first-order valence-electron chi connectivity index (χ1n) is 16.8. The van der Waals surface area contributed by atoms with Crippen LogP contribution < -0.4 is 22.9 Å². The van der Waals surface area contributed by atoms with Gasteiger partial charge in [0.25, 0.3) is 0 Å². The number of aromatic nitrogens is 6. The highest BCUT2D eigenvalue weighted by atomic mass is 79.9. The summed E-state index contributed by atoms with van der Waals surface area (Å²) in [7, 11) is 0. The van der Waals surface area contributed by atoms with E-state index >= 15 is 0 Å². The van der Waals surface area contributed by atoms with Gasteiger partial charge in [-0.15, -0.1) is 20.4 Å². The molecule has 2 fully saturated rings. The number of thioether (sulfide) groups is 2. The molecule has 0 saturated heterocycles. The van der Waals surface area contributed by atoms with Crippen molar-refractivity contribution in [1.29, 1.82) is 0 Å². The fourth-order valence-corrected chi connectivity index (χ4v) is 8.29. The number of halogens is 2. The van der Waals surface area contributed by atoms with Crippen molar-refractivity contribution in [2.24, 2.45) is 22.9 Å². The largest absolute Gasteiger partial charge is 0.481 e. The molecule has 2 saturated carbocycles. The van der Waals surface area contributed by atoms with E-state index in [-0.39, 0.29) is 11.5 Å². The van der Waals surface area contributed by atoms with E-state index in [9.17, 15) is 9.59 Å². The zero-order chi connectivity index (χ0) is 40.5. The van der Waals surface area contributed by atoms with E-state index in [1.165, 1.54) is 47.6 Å². The molecule has 0 unspecified atom stereocenters. The predicted octanol–water partition coefficient (Wildman–Crippen LogP) is 6.52. The van der Waals surface area contributed by atoms with E-state index in [0.29, 0.717) is 31.6 Å². The highest BCUT2D eigenvalue weighted by Gasteiger charge is 2.28. The van der Waals surface area contributed by atoms with Gasteiger partial charge >= 0.3 is 24.0 Å². The molecule has 2 aliphatic rings. The highest BCUT2D eigenvalue weighted by Crippen LogP contribution is 2.45. The normalized spacial score (nSPS) is 13.0. The molecule has 2 aliphatic carbocycles. The Kier molecular flexibility index (Phi) is 14.3. The van der Waals surface area contributed by atoms with E-state index in [4.69, 9.17) is 19.8 Å². The number of carbonyl (C=O) groups excluding carboxylic acids is 2. The zero-order valence-corrected chi connectivity index (χ0v) is 34.2. The minimum Gasteiger partial charge on any atom is -0.481 e. The van der Waals surface area contributed by atoms with Gasteiger partial charge < -0.3 is 33.1 Å². The zero-order valence-electron chi connectivity index (χ0n) is 29.4. The van der Waals surface area contributed by atoms with Gasteiger partial charge in [-0.05, 0) is 103 Å². The summed E-state index contributed by atoms with van der Waals surface area (Å²) in [4.78, 5) is 39.8. The van der Waals surface area contributed by atoms with Crippen molar-refractivity contribution in [1.82, 2.24) is 29.5 Å². The van der Waals surface area contributed by atoms with Crippen LogP contribution in [0.1, 0.15) is 48.6 Å². The number of carboxylic acid groups (broad SMARTS) is 2. The van der Waals surface area contributed by atoms with Gasteiger partial charge in [0.15, 0.2) is 10.3 Å². The molecule has 20 heteroatoms. The number of carbonyl (C=O) groups is 4. The van der Waals surface area contributed by atoms with Crippen molar-refractivity contribution in [3.8, 4) is 11.4 Å². The minimum atomic E-state index is -0.875. The second-order valence-corrected chi connectivity index (χ2v) is 15.6. The van der Waals surface area contributed by atoms with Crippen LogP contribution in [0.5, 0.6) is 0 Å². The van der Waals surface area contributed by atoms with E-state index in [1.54, 1.807) is 0 Å². The Bertz CT molecular complexity index is 2230. The molecule has 4 aromatic carbocycles. The molecule has 292 valence electrons. The Morgan fingerprint density at radius 1 is 0.571 bits per heavy atom. The Labute approximate surface area is 345 Å². The third kappa shape index (κ3) is 11.0. The lowest BCUT2D eigenvalue weighted by atomic mass is 9.99. The maximum Gasteiger partial charge on any atom is 0.313 e. The molecule has 8 rings (SSSR count). The number of amides is 4. The Balaban J connectivity index is 0.000000180. The molecule has 6 aromatic rings. The van der Waals surface area contributed by atoms with Gasteiger partial charge in [0.05, 0.1) is 22.9 Å². The summed E-state index contributed by atoms with van der Waals surface area (Å²) in [6.07, 6.45) is 5.00. The third-order valence-electron chi connectivity index (χ3n) is 8.22. The average molecular weight is 929 g/mol. The van der Waals surface area contributed by atoms with Crippen LogP contribution in [-0.2, 0) is 9.59 Å². The van der Waals surface area contributed by atoms with Gasteiger partial charge in [0.2, 0.25) is 9.47 Å². The van der Waals surface area contributed by atoms with E-state index in [2.05, 4.69) is 136 Å². The van der Waals surface area contributed by atoms with Crippen molar-refractivity contribution in [3.05, 3.63) is 93.4 Å². The summed E-state index contributed by atoms with van der Waals surface area (Å²) < 4.78 is 4.87. The number of hydrogen-bond donors (Lipinski definition) is 6. The first-order valence-corrected chi connectivity index (χ1v) is 20.4. The number of rotatable bonds is 10. The fourth-order valence-electron chi connectivity index (χ4n) is 5.85. The fraction of sp³-hybridized carbons (Fsp3) is 0.222. The number of nitrogens with two attached hydrogens (primary N) is 4.